The van der Waals surface area contributed by atoms with Crippen LogP contribution in [0.2, 0.25) is 15.1 Å². The zero-order valence-electron chi connectivity index (χ0n) is 10.8. The van der Waals surface area contributed by atoms with Crippen LogP contribution in [0, 0.1) is 25.2 Å². The second-order valence-electron chi connectivity index (χ2n) is 4.29. The Balaban J connectivity index is 2.51. The van der Waals surface area contributed by atoms with Gasteiger partial charge in [0.05, 0.1) is 26.3 Å². The molecule has 0 fully saturated rings. The molecule has 2 aromatic rings. The summed E-state index contributed by atoms with van der Waals surface area (Å²) >= 11 is 18.0. The van der Waals surface area contributed by atoms with E-state index in [0.717, 1.165) is 11.3 Å². The van der Waals surface area contributed by atoms with E-state index >= 15 is 0 Å². The summed E-state index contributed by atoms with van der Waals surface area (Å²) in [5.41, 5.74) is 2.67. The third-order valence-corrected chi connectivity index (χ3v) is 3.75. The summed E-state index contributed by atoms with van der Waals surface area (Å²) in [6, 6.07) is 7.13. The molecule has 1 N–H and O–H groups in total. The maximum absolute atomic E-state index is 9.23. The number of halogens is 3. The molecule has 0 aliphatic rings. The molecule has 1 aromatic carbocycles. The molecule has 6 heteroatoms. The molecule has 0 aliphatic carbocycles. The molecule has 3 nitrogen and oxygen atoms in total. The topological polar surface area (TPSA) is 48.7 Å². The number of aromatic nitrogens is 1. The van der Waals surface area contributed by atoms with Crippen LogP contribution in [-0.2, 0) is 0 Å². The highest BCUT2D eigenvalue weighted by molar-refractivity contribution is 6.44. The first-order valence-corrected chi connectivity index (χ1v) is 6.85. The number of pyridine rings is 1. The van der Waals surface area contributed by atoms with Gasteiger partial charge in [0.25, 0.3) is 0 Å². The van der Waals surface area contributed by atoms with Crippen LogP contribution in [0.1, 0.15) is 16.8 Å². The Morgan fingerprint density at radius 1 is 1.05 bits per heavy atom. The quantitative estimate of drug-likeness (QED) is 0.764. The maximum Gasteiger partial charge on any atom is 0.148 e. The van der Waals surface area contributed by atoms with Gasteiger partial charge in [0, 0.05) is 5.69 Å². The van der Waals surface area contributed by atoms with E-state index in [1.54, 1.807) is 12.1 Å². The number of nitrogens with one attached hydrogen (secondary N) is 1. The van der Waals surface area contributed by atoms with Gasteiger partial charge in [0.1, 0.15) is 11.9 Å². The highest BCUT2D eigenvalue weighted by Gasteiger charge is 2.12. The first kappa shape index (κ1) is 14.9. The largest absolute Gasteiger partial charge is 0.338 e. The maximum atomic E-state index is 9.23. The fourth-order valence-electron chi connectivity index (χ4n) is 1.81. The van der Waals surface area contributed by atoms with Gasteiger partial charge < -0.3 is 5.32 Å². The Kier molecular flexibility index (Phi) is 4.39. The van der Waals surface area contributed by atoms with Crippen LogP contribution in [0.15, 0.2) is 18.2 Å². The van der Waals surface area contributed by atoms with Gasteiger partial charge in [-0.05, 0) is 37.6 Å². The minimum absolute atomic E-state index is 0.371. The minimum atomic E-state index is 0.371. The number of hydrogen-bond donors (Lipinski definition) is 1. The van der Waals surface area contributed by atoms with E-state index in [1.807, 2.05) is 19.9 Å². The normalized spacial score (nSPS) is 10.2. The molecule has 0 aliphatic heterocycles. The molecule has 0 bridgehead atoms. The second-order valence-corrected chi connectivity index (χ2v) is 5.51. The monoisotopic (exact) mass is 325 g/mol. The van der Waals surface area contributed by atoms with E-state index in [4.69, 9.17) is 34.8 Å². The van der Waals surface area contributed by atoms with Crippen molar-refractivity contribution in [3.63, 3.8) is 0 Å². The molecule has 0 spiro atoms. The van der Waals surface area contributed by atoms with Crippen molar-refractivity contribution in [1.82, 2.24) is 4.98 Å². The van der Waals surface area contributed by atoms with Crippen LogP contribution in [0.3, 0.4) is 0 Å². The fraction of sp³-hybridized carbons (Fsp3) is 0.143. The lowest BCUT2D eigenvalue weighted by molar-refractivity contribution is 1.16. The number of benzene rings is 1. The Labute approximate surface area is 132 Å². The molecular formula is C14H10Cl3N3. The van der Waals surface area contributed by atoms with Gasteiger partial charge in [-0.25, -0.2) is 4.98 Å². The first-order valence-electron chi connectivity index (χ1n) is 5.72. The van der Waals surface area contributed by atoms with Crippen molar-refractivity contribution in [3.8, 4) is 6.07 Å². The molecule has 102 valence electrons. The Hall–Kier alpha value is -1.47. The van der Waals surface area contributed by atoms with E-state index in [9.17, 15) is 5.26 Å². The summed E-state index contributed by atoms with van der Waals surface area (Å²) < 4.78 is 0. The van der Waals surface area contributed by atoms with Crippen molar-refractivity contribution >= 4 is 46.3 Å². The molecule has 0 atom stereocenters. The number of hydrogen-bond acceptors (Lipinski definition) is 3. The lowest BCUT2D eigenvalue weighted by atomic mass is 10.1. The Morgan fingerprint density at radius 2 is 1.70 bits per heavy atom. The molecule has 0 saturated carbocycles. The van der Waals surface area contributed by atoms with Crippen molar-refractivity contribution in [2.45, 2.75) is 13.8 Å². The standard InChI is InChI=1S/C14H10Cl3N3/c1-7-3-8(2)19-14(9(7)6-18)20-13-5-11(16)10(15)4-12(13)17/h3-5H,1-2H3,(H,19,20). The van der Waals surface area contributed by atoms with Crippen LogP contribution in [0.4, 0.5) is 11.5 Å². The average molecular weight is 327 g/mol. The van der Waals surface area contributed by atoms with Crippen LogP contribution in [-0.4, -0.2) is 4.98 Å². The number of nitriles is 1. The van der Waals surface area contributed by atoms with Crippen LogP contribution in [0.5, 0.6) is 0 Å². The molecule has 0 amide bonds. The van der Waals surface area contributed by atoms with Crippen LogP contribution < -0.4 is 5.32 Å². The summed E-state index contributed by atoms with van der Waals surface area (Å²) in [6.45, 7) is 3.71. The molecule has 20 heavy (non-hydrogen) atoms. The van der Waals surface area contributed by atoms with Crippen molar-refractivity contribution in [1.29, 1.82) is 5.26 Å². The second kappa shape index (κ2) is 5.88. The molecule has 1 aromatic heterocycles. The molecular weight excluding hydrogens is 317 g/mol. The third-order valence-electron chi connectivity index (χ3n) is 2.72. The lowest BCUT2D eigenvalue weighted by Crippen LogP contribution is -2.01. The van der Waals surface area contributed by atoms with E-state index in [0.29, 0.717) is 32.1 Å². The van der Waals surface area contributed by atoms with E-state index < -0.39 is 0 Å². The zero-order chi connectivity index (χ0) is 14.9. The van der Waals surface area contributed by atoms with Gasteiger partial charge in [0.15, 0.2) is 0 Å². The summed E-state index contributed by atoms with van der Waals surface area (Å²) in [4.78, 5) is 4.32. The smallest absolute Gasteiger partial charge is 0.148 e. The Bertz CT molecular complexity index is 721. The van der Waals surface area contributed by atoms with Crippen LogP contribution in [0.25, 0.3) is 0 Å². The first-order chi connectivity index (χ1) is 9.42. The van der Waals surface area contributed by atoms with Gasteiger partial charge in [-0.3, -0.25) is 0 Å². The van der Waals surface area contributed by atoms with E-state index in [-0.39, 0.29) is 0 Å². The summed E-state index contributed by atoms with van der Waals surface area (Å²) in [5, 5.41) is 13.4. The molecule has 0 radical (unpaired) electrons. The van der Waals surface area contributed by atoms with Gasteiger partial charge in [-0.2, -0.15) is 5.26 Å². The van der Waals surface area contributed by atoms with Gasteiger partial charge in [-0.1, -0.05) is 34.8 Å². The van der Waals surface area contributed by atoms with E-state index in [1.165, 1.54) is 0 Å². The molecule has 0 saturated heterocycles. The fourth-order valence-corrected chi connectivity index (χ4v) is 2.41. The SMILES string of the molecule is Cc1cc(C)c(C#N)c(Nc2cc(Cl)c(Cl)cc2Cl)n1. The average Bonchev–Trinajstić information content (AvgIpc) is 2.35. The molecule has 2 rings (SSSR count). The summed E-state index contributed by atoms with van der Waals surface area (Å²) in [5.74, 6) is 0.449. The highest BCUT2D eigenvalue weighted by atomic mass is 35.5. The van der Waals surface area contributed by atoms with Crippen molar-refractivity contribution in [2.24, 2.45) is 0 Å². The zero-order valence-corrected chi connectivity index (χ0v) is 13.0. The predicted octanol–water partition coefficient (Wildman–Crippen LogP) is 5.27. The van der Waals surface area contributed by atoms with Crippen molar-refractivity contribution in [3.05, 3.63) is 50.1 Å². The summed E-state index contributed by atoms with van der Waals surface area (Å²) in [6.07, 6.45) is 0. The number of aryl methyl sites for hydroxylation is 2. The van der Waals surface area contributed by atoms with Gasteiger partial charge >= 0.3 is 0 Å². The highest BCUT2D eigenvalue weighted by Crippen LogP contribution is 2.34. The predicted molar refractivity (Wildman–Crippen MR) is 83.2 cm³/mol. The summed E-state index contributed by atoms with van der Waals surface area (Å²) in [7, 11) is 0. The number of anilines is 2. The van der Waals surface area contributed by atoms with Crippen LogP contribution >= 0.6 is 34.8 Å². The van der Waals surface area contributed by atoms with Gasteiger partial charge in [-0.15, -0.1) is 0 Å². The minimum Gasteiger partial charge on any atom is -0.338 e. The van der Waals surface area contributed by atoms with E-state index in [2.05, 4.69) is 16.4 Å². The lowest BCUT2D eigenvalue weighted by Gasteiger charge is -2.12. The van der Waals surface area contributed by atoms with Crippen molar-refractivity contribution < 1.29 is 0 Å². The van der Waals surface area contributed by atoms with Gasteiger partial charge in [0.2, 0.25) is 0 Å². The third kappa shape index (κ3) is 2.99. The Morgan fingerprint density at radius 3 is 2.35 bits per heavy atom. The number of nitrogens with zero attached hydrogens (tertiary/aromatic N) is 2. The number of rotatable bonds is 2. The van der Waals surface area contributed by atoms with Crippen molar-refractivity contribution in [2.75, 3.05) is 5.32 Å². The molecule has 1 heterocycles. The molecule has 0 unspecified atom stereocenters.